The monoisotopic (exact) mass is 375 g/mol. The Labute approximate surface area is 157 Å². The number of hydrogen-bond acceptors (Lipinski definition) is 4. The van der Waals surface area contributed by atoms with E-state index in [1.165, 1.54) is 6.92 Å². The third-order valence-electron chi connectivity index (χ3n) is 4.45. The summed E-state index contributed by atoms with van der Waals surface area (Å²) in [6.45, 7) is 4.91. The number of rotatable bonds is 7. The molecule has 0 spiro atoms. The quantitative estimate of drug-likeness (QED) is 0.680. The summed E-state index contributed by atoms with van der Waals surface area (Å²) in [6.07, 6.45) is 0. The summed E-state index contributed by atoms with van der Waals surface area (Å²) in [5.74, 6) is -1.68. The molecular formula is C19H25N3O5. The van der Waals surface area contributed by atoms with Crippen LogP contribution in [0.4, 0.5) is 0 Å². The molecule has 1 aromatic heterocycles. The van der Waals surface area contributed by atoms with Gasteiger partial charge in [-0.2, -0.15) is 0 Å². The highest BCUT2D eigenvalue weighted by Crippen LogP contribution is 2.23. The molecule has 0 saturated heterocycles. The molecule has 0 aliphatic rings. The maximum Gasteiger partial charge on any atom is 0.326 e. The Morgan fingerprint density at radius 3 is 2.33 bits per heavy atom. The molecule has 3 N–H and O–H groups in total. The third kappa shape index (κ3) is 4.39. The second-order valence-electron chi connectivity index (χ2n) is 6.78. The Kier molecular flexibility index (Phi) is 6.09. The van der Waals surface area contributed by atoms with Crippen molar-refractivity contribution in [3.05, 3.63) is 30.0 Å². The first-order chi connectivity index (χ1) is 12.6. The van der Waals surface area contributed by atoms with Crippen molar-refractivity contribution in [2.75, 3.05) is 7.11 Å². The van der Waals surface area contributed by atoms with Crippen LogP contribution >= 0.6 is 0 Å². The van der Waals surface area contributed by atoms with Crippen LogP contribution < -0.4 is 15.4 Å². The molecule has 0 unspecified atom stereocenters. The van der Waals surface area contributed by atoms with Crippen molar-refractivity contribution in [1.29, 1.82) is 0 Å². The highest BCUT2D eigenvalue weighted by atomic mass is 16.5. The van der Waals surface area contributed by atoms with E-state index in [0.29, 0.717) is 11.4 Å². The minimum Gasteiger partial charge on any atom is -0.497 e. The van der Waals surface area contributed by atoms with Crippen LogP contribution in [-0.4, -0.2) is 46.7 Å². The molecule has 0 aliphatic carbocycles. The number of ether oxygens (including phenoxy) is 1. The van der Waals surface area contributed by atoms with E-state index >= 15 is 0 Å². The first-order valence-corrected chi connectivity index (χ1v) is 8.63. The molecule has 0 bridgehead atoms. The zero-order valence-corrected chi connectivity index (χ0v) is 16.1. The van der Waals surface area contributed by atoms with Gasteiger partial charge in [0.1, 0.15) is 23.5 Å². The summed E-state index contributed by atoms with van der Waals surface area (Å²) in [7, 11) is 3.33. The molecule has 2 rings (SSSR count). The topological polar surface area (TPSA) is 110 Å². The molecule has 8 heteroatoms. The number of nitrogens with one attached hydrogen (secondary N) is 2. The second-order valence-corrected chi connectivity index (χ2v) is 6.78. The number of carboxylic acids is 1. The number of carbonyl (C=O) groups excluding carboxylic acids is 2. The van der Waals surface area contributed by atoms with Crippen LogP contribution in [0.1, 0.15) is 31.3 Å². The van der Waals surface area contributed by atoms with Gasteiger partial charge in [0.25, 0.3) is 5.91 Å². The number of fused-ring (bicyclic) bond motifs is 1. The number of carbonyl (C=O) groups is 3. The molecule has 2 amide bonds. The average Bonchev–Trinajstić information content (AvgIpc) is 2.94. The van der Waals surface area contributed by atoms with Gasteiger partial charge in [0.05, 0.1) is 7.11 Å². The van der Waals surface area contributed by atoms with E-state index in [-0.39, 0.29) is 5.92 Å². The lowest BCUT2D eigenvalue weighted by atomic mass is 10.0. The van der Waals surface area contributed by atoms with Crippen molar-refractivity contribution < 1.29 is 24.2 Å². The van der Waals surface area contributed by atoms with Crippen molar-refractivity contribution in [3.8, 4) is 5.75 Å². The first kappa shape index (κ1) is 20.3. The highest BCUT2D eigenvalue weighted by Gasteiger charge is 2.27. The molecule has 0 radical (unpaired) electrons. The van der Waals surface area contributed by atoms with Gasteiger partial charge in [0.15, 0.2) is 0 Å². The van der Waals surface area contributed by atoms with Gasteiger partial charge in [-0.05, 0) is 37.1 Å². The van der Waals surface area contributed by atoms with E-state index in [1.807, 2.05) is 12.1 Å². The lowest BCUT2D eigenvalue weighted by Gasteiger charge is -2.21. The lowest BCUT2D eigenvalue weighted by molar-refractivity contribution is -0.143. The fraction of sp³-hybridized carbons (Fsp3) is 0.421. The summed E-state index contributed by atoms with van der Waals surface area (Å²) in [6, 6.07) is 5.29. The van der Waals surface area contributed by atoms with Crippen LogP contribution in [0.5, 0.6) is 5.75 Å². The van der Waals surface area contributed by atoms with Gasteiger partial charge in [0, 0.05) is 18.0 Å². The Morgan fingerprint density at radius 2 is 1.78 bits per heavy atom. The number of benzene rings is 1. The van der Waals surface area contributed by atoms with Crippen LogP contribution in [0.3, 0.4) is 0 Å². The Morgan fingerprint density at radius 1 is 1.11 bits per heavy atom. The Bertz CT molecular complexity index is 872. The number of methoxy groups -OCH3 is 1. The summed E-state index contributed by atoms with van der Waals surface area (Å²) in [5, 5.41) is 15.1. The maximum atomic E-state index is 12.6. The van der Waals surface area contributed by atoms with Crippen molar-refractivity contribution in [1.82, 2.24) is 15.2 Å². The smallest absolute Gasteiger partial charge is 0.326 e. The molecule has 0 aliphatic heterocycles. The highest BCUT2D eigenvalue weighted by molar-refractivity contribution is 6.01. The third-order valence-corrected chi connectivity index (χ3v) is 4.45. The van der Waals surface area contributed by atoms with Crippen molar-refractivity contribution >= 4 is 28.7 Å². The van der Waals surface area contributed by atoms with Crippen molar-refractivity contribution in [3.63, 3.8) is 0 Å². The second kappa shape index (κ2) is 8.11. The van der Waals surface area contributed by atoms with Crippen LogP contribution in [0.2, 0.25) is 0 Å². The molecule has 2 atom stereocenters. The normalized spacial score (nSPS) is 13.3. The predicted molar refractivity (Wildman–Crippen MR) is 101 cm³/mol. The standard InChI is InChI=1S/C19H25N3O5/c1-10(2)16(19(25)26)21-17(23)11(3)20-18(24)15-9-12-8-13(27-5)6-7-14(12)22(15)4/h6-11,16H,1-5H3,(H,20,24)(H,21,23)(H,25,26)/t11-,16-/m0/s1. The van der Waals surface area contributed by atoms with Crippen molar-refractivity contribution in [2.24, 2.45) is 13.0 Å². The molecule has 1 aromatic carbocycles. The number of aryl methyl sites for hydroxylation is 1. The van der Waals surface area contributed by atoms with E-state index in [9.17, 15) is 19.5 Å². The summed E-state index contributed by atoms with van der Waals surface area (Å²) >= 11 is 0. The zero-order valence-electron chi connectivity index (χ0n) is 16.1. The number of aromatic nitrogens is 1. The Hall–Kier alpha value is -3.03. The fourth-order valence-electron chi connectivity index (χ4n) is 2.80. The summed E-state index contributed by atoms with van der Waals surface area (Å²) in [5.41, 5.74) is 1.24. The summed E-state index contributed by atoms with van der Waals surface area (Å²) in [4.78, 5) is 36.1. The van der Waals surface area contributed by atoms with Crippen LogP contribution in [-0.2, 0) is 16.6 Å². The van der Waals surface area contributed by atoms with Gasteiger partial charge in [-0.25, -0.2) is 4.79 Å². The molecule has 2 aromatic rings. The van der Waals surface area contributed by atoms with Crippen LogP contribution in [0.15, 0.2) is 24.3 Å². The largest absolute Gasteiger partial charge is 0.497 e. The van der Waals surface area contributed by atoms with Gasteiger partial charge in [0.2, 0.25) is 5.91 Å². The van der Waals surface area contributed by atoms with Gasteiger partial charge in [-0.15, -0.1) is 0 Å². The number of aliphatic carboxylic acids is 1. The van der Waals surface area contributed by atoms with Gasteiger partial charge in [-0.3, -0.25) is 9.59 Å². The van der Waals surface area contributed by atoms with Crippen LogP contribution in [0, 0.1) is 5.92 Å². The zero-order chi connectivity index (χ0) is 20.3. The molecule has 27 heavy (non-hydrogen) atoms. The summed E-state index contributed by atoms with van der Waals surface area (Å²) < 4.78 is 6.92. The predicted octanol–water partition coefficient (Wildman–Crippen LogP) is 1.53. The minimum atomic E-state index is -1.11. The average molecular weight is 375 g/mol. The van der Waals surface area contributed by atoms with Crippen molar-refractivity contribution in [2.45, 2.75) is 32.9 Å². The molecule has 8 nitrogen and oxygen atoms in total. The van der Waals surface area contributed by atoms with Gasteiger partial charge in [-0.1, -0.05) is 13.8 Å². The van der Waals surface area contributed by atoms with E-state index in [2.05, 4.69) is 10.6 Å². The number of nitrogens with zero attached hydrogens (tertiary/aromatic N) is 1. The minimum absolute atomic E-state index is 0.275. The van der Waals surface area contributed by atoms with Gasteiger partial charge >= 0.3 is 5.97 Å². The van der Waals surface area contributed by atoms with Gasteiger partial charge < -0.3 is 25.0 Å². The molecule has 146 valence electrons. The molecule has 0 fully saturated rings. The molecule has 1 heterocycles. The number of carboxylic acid groups (broad SMARTS) is 1. The van der Waals surface area contributed by atoms with E-state index in [0.717, 1.165) is 10.9 Å². The SMILES string of the molecule is COc1ccc2c(c1)cc(C(=O)N[C@@H](C)C(=O)N[C@H](C(=O)O)C(C)C)n2C. The van der Waals surface area contributed by atoms with Crippen LogP contribution in [0.25, 0.3) is 10.9 Å². The number of amides is 2. The first-order valence-electron chi connectivity index (χ1n) is 8.63. The Balaban J connectivity index is 2.14. The molecule has 0 saturated carbocycles. The van der Waals surface area contributed by atoms with E-state index in [1.54, 1.807) is 44.7 Å². The molecular weight excluding hydrogens is 350 g/mol. The fourth-order valence-corrected chi connectivity index (χ4v) is 2.80. The number of hydrogen-bond donors (Lipinski definition) is 3. The maximum absolute atomic E-state index is 12.6. The van der Waals surface area contributed by atoms with E-state index < -0.39 is 29.9 Å². The lowest BCUT2D eigenvalue weighted by Crippen LogP contribution is -2.52. The van der Waals surface area contributed by atoms with E-state index in [4.69, 9.17) is 4.74 Å².